The highest BCUT2D eigenvalue weighted by atomic mass is 19.2. The lowest BCUT2D eigenvalue weighted by molar-refractivity contribution is 0.511. The largest absolute Gasteiger partial charge is 0.347 e. The zero-order valence-electron chi connectivity index (χ0n) is 9.02. The van der Waals surface area contributed by atoms with Crippen LogP contribution >= 0.6 is 0 Å². The standard InChI is InChI=1S/C12H7F2N3O/c13-9-3-1-2-8(11(9)14)7-4-5-10-15-16-12(18)17(10)6-7/h1-6H,(H,16,18). The molecule has 0 radical (unpaired) electrons. The van der Waals surface area contributed by atoms with Crippen molar-refractivity contribution in [3.8, 4) is 11.1 Å². The van der Waals surface area contributed by atoms with Gasteiger partial charge >= 0.3 is 5.69 Å². The third kappa shape index (κ3) is 1.50. The van der Waals surface area contributed by atoms with E-state index < -0.39 is 17.3 Å². The molecule has 0 aliphatic rings. The number of nitrogens with zero attached hydrogens (tertiary/aromatic N) is 2. The summed E-state index contributed by atoms with van der Waals surface area (Å²) >= 11 is 0. The van der Waals surface area contributed by atoms with Gasteiger partial charge in [0.05, 0.1) is 0 Å². The van der Waals surface area contributed by atoms with E-state index in [1.54, 1.807) is 12.1 Å². The minimum Gasteiger partial charge on any atom is -0.250 e. The van der Waals surface area contributed by atoms with E-state index in [1.165, 1.54) is 22.7 Å². The van der Waals surface area contributed by atoms with Gasteiger partial charge in [0.25, 0.3) is 0 Å². The number of hydrogen-bond donors (Lipinski definition) is 1. The monoisotopic (exact) mass is 247 g/mol. The Morgan fingerprint density at radius 1 is 1.17 bits per heavy atom. The van der Waals surface area contributed by atoms with Gasteiger partial charge in [0.15, 0.2) is 17.3 Å². The van der Waals surface area contributed by atoms with Gasteiger partial charge in [-0.3, -0.25) is 0 Å². The fourth-order valence-electron chi connectivity index (χ4n) is 1.79. The summed E-state index contributed by atoms with van der Waals surface area (Å²) in [7, 11) is 0. The Labute approximate surface area is 99.5 Å². The highest BCUT2D eigenvalue weighted by molar-refractivity contribution is 5.65. The summed E-state index contributed by atoms with van der Waals surface area (Å²) in [6.45, 7) is 0. The van der Waals surface area contributed by atoms with Gasteiger partial charge in [0.1, 0.15) is 0 Å². The molecule has 2 aromatic heterocycles. The molecule has 0 amide bonds. The van der Waals surface area contributed by atoms with Crippen molar-refractivity contribution in [3.05, 3.63) is 58.6 Å². The van der Waals surface area contributed by atoms with Gasteiger partial charge in [-0.05, 0) is 18.2 Å². The molecule has 4 nitrogen and oxygen atoms in total. The number of rotatable bonds is 1. The van der Waals surface area contributed by atoms with E-state index in [-0.39, 0.29) is 5.56 Å². The van der Waals surface area contributed by atoms with E-state index in [1.807, 2.05) is 0 Å². The minimum absolute atomic E-state index is 0.102. The van der Waals surface area contributed by atoms with Crippen molar-refractivity contribution in [3.63, 3.8) is 0 Å². The van der Waals surface area contributed by atoms with Crippen molar-refractivity contribution in [2.45, 2.75) is 0 Å². The zero-order chi connectivity index (χ0) is 12.7. The first-order valence-electron chi connectivity index (χ1n) is 5.18. The number of aromatic amines is 1. The third-order valence-electron chi connectivity index (χ3n) is 2.67. The van der Waals surface area contributed by atoms with Gasteiger partial charge in [0.2, 0.25) is 0 Å². The molecule has 0 spiro atoms. The van der Waals surface area contributed by atoms with Crippen LogP contribution in [0.4, 0.5) is 8.78 Å². The van der Waals surface area contributed by atoms with Crippen LogP contribution in [0.3, 0.4) is 0 Å². The summed E-state index contributed by atoms with van der Waals surface area (Å²) in [6.07, 6.45) is 1.42. The molecule has 0 saturated heterocycles. The number of H-pyrrole nitrogens is 1. The van der Waals surface area contributed by atoms with Crippen molar-refractivity contribution in [1.82, 2.24) is 14.6 Å². The number of nitrogens with one attached hydrogen (secondary N) is 1. The highest BCUT2D eigenvalue weighted by Gasteiger charge is 2.10. The molecule has 90 valence electrons. The van der Waals surface area contributed by atoms with E-state index >= 15 is 0 Å². The second kappa shape index (κ2) is 3.76. The van der Waals surface area contributed by atoms with Crippen LogP contribution in [0.1, 0.15) is 0 Å². The number of pyridine rings is 1. The Morgan fingerprint density at radius 3 is 2.83 bits per heavy atom. The van der Waals surface area contributed by atoms with Gasteiger partial charge < -0.3 is 0 Å². The Balaban J connectivity index is 2.28. The fourth-order valence-corrected chi connectivity index (χ4v) is 1.79. The lowest BCUT2D eigenvalue weighted by Crippen LogP contribution is -2.08. The molecule has 18 heavy (non-hydrogen) atoms. The quantitative estimate of drug-likeness (QED) is 0.714. The molecule has 0 fully saturated rings. The molecule has 0 unspecified atom stereocenters. The average molecular weight is 247 g/mol. The van der Waals surface area contributed by atoms with E-state index in [0.29, 0.717) is 11.2 Å². The van der Waals surface area contributed by atoms with Crippen molar-refractivity contribution < 1.29 is 8.78 Å². The van der Waals surface area contributed by atoms with E-state index in [9.17, 15) is 13.6 Å². The maximum Gasteiger partial charge on any atom is 0.347 e. The molecule has 0 saturated carbocycles. The van der Waals surface area contributed by atoms with Crippen molar-refractivity contribution in [1.29, 1.82) is 0 Å². The van der Waals surface area contributed by atoms with Crippen LogP contribution in [-0.4, -0.2) is 14.6 Å². The summed E-state index contributed by atoms with van der Waals surface area (Å²) in [4.78, 5) is 11.4. The molecule has 0 bridgehead atoms. The second-order valence-corrected chi connectivity index (χ2v) is 3.78. The molecule has 0 aliphatic carbocycles. The van der Waals surface area contributed by atoms with Crippen LogP contribution in [0, 0.1) is 11.6 Å². The topological polar surface area (TPSA) is 50.2 Å². The van der Waals surface area contributed by atoms with Crippen LogP contribution < -0.4 is 5.69 Å². The van der Waals surface area contributed by atoms with Crippen molar-refractivity contribution >= 4 is 5.65 Å². The maximum atomic E-state index is 13.6. The van der Waals surface area contributed by atoms with Gasteiger partial charge in [-0.1, -0.05) is 12.1 Å². The minimum atomic E-state index is -0.937. The second-order valence-electron chi connectivity index (χ2n) is 3.78. The van der Waals surface area contributed by atoms with Crippen LogP contribution in [0.25, 0.3) is 16.8 Å². The molecule has 3 aromatic rings. The Bertz CT molecular complexity index is 791. The average Bonchev–Trinajstić information content (AvgIpc) is 2.74. The summed E-state index contributed by atoms with van der Waals surface area (Å²) in [6, 6.07) is 7.03. The van der Waals surface area contributed by atoms with Crippen LogP contribution in [-0.2, 0) is 0 Å². The van der Waals surface area contributed by atoms with Gasteiger partial charge in [-0.2, -0.15) is 5.10 Å². The lowest BCUT2D eigenvalue weighted by Gasteiger charge is -2.04. The Hall–Kier alpha value is -2.50. The predicted octanol–water partition coefficient (Wildman–Crippen LogP) is 1.97. The molecular formula is C12H7F2N3O. The van der Waals surface area contributed by atoms with Gasteiger partial charge in [-0.15, -0.1) is 0 Å². The first-order valence-corrected chi connectivity index (χ1v) is 5.18. The molecule has 1 N–H and O–H groups in total. The van der Waals surface area contributed by atoms with Crippen LogP contribution in [0.2, 0.25) is 0 Å². The molecule has 0 atom stereocenters. The van der Waals surface area contributed by atoms with E-state index in [0.717, 1.165) is 6.07 Å². The predicted molar refractivity (Wildman–Crippen MR) is 61.2 cm³/mol. The molecule has 6 heteroatoms. The first kappa shape index (κ1) is 10.6. The molecule has 3 rings (SSSR count). The Kier molecular flexibility index (Phi) is 2.22. The van der Waals surface area contributed by atoms with Crippen molar-refractivity contribution in [2.75, 3.05) is 0 Å². The van der Waals surface area contributed by atoms with E-state index in [2.05, 4.69) is 10.2 Å². The van der Waals surface area contributed by atoms with Crippen LogP contribution in [0.15, 0.2) is 41.3 Å². The fraction of sp³-hybridized carbons (Fsp3) is 0. The third-order valence-corrected chi connectivity index (χ3v) is 2.67. The summed E-state index contributed by atoms with van der Waals surface area (Å²) in [5.74, 6) is -1.86. The summed E-state index contributed by atoms with van der Waals surface area (Å²) in [5.41, 5.74) is 0.497. The number of aromatic nitrogens is 3. The van der Waals surface area contributed by atoms with E-state index in [4.69, 9.17) is 0 Å². The Morgan fingerprint density at radius 2 is 2.00 bits per heavy atom. The lowest BCUT2D eigenvalue weighted by atomic mass is 10.1. The highest BCUT2D eigenvalue weighted by Crippen LogP contribution is 2.24. The van der Waals surface area contributed by atoms with Crippen molar-refractivity contribution in [2.24, 2.45) is 0 Å². The molecular weight excluding hydrogens is 240 g/mol. The molecule has 0 aliphatic heterocycles. The first-order chi connectivity index (χ1) is 8.66. The summed E-state index contributed by atoms with van der Waals surface area (Å²) < 4.78 is 28.0. The summed E-state index contributed by atoms with van der Waals surface area (Å²) in [5, 5.41) is 6.02. The van der Waals surface area contributed by atoms with Crippen LogP contribution in [0.5, 0.6) is 0 Å². The number of hydrogen-bond acceptors (Lipinski definition) is 2. The maximum absolute atomic E-state index is 13.6. The van der Waals surface area contributed by atoms with Gasteiger partial charge in [-0.25, -0.2) is 23.1 Å². The number of benzene rings is 1. The SMILES string of the molecule is O=c1[nH]nc2ccc(-c3cccc(F)c3F)cn12. The number of fused-ring (bicyclic) bond motifs is 1. The zero-order valence-corrected chi connectivity index (χ0v) is 9.02. The smallest absolute Gasteiger partial charge is 0.250 e. The number of halogens is 2. The normalized spacial score (nSPS) is 11.0. The van der Waals surface area contributed by atoms with Gasteiger partial charge in [0, 0.05) is 17.3 Å². The molecule has 2 heterocycles. The molecule has 1 aromatic carbocycles.